The fraction of sp³-hybridized carbons (Fsp3) is 0. The van der Waals surface area contributed by atoms with E-state index in [1.807, 2.05) is 0 Å². The van der Waals surface area contributed by atoms with Crippen molar-refractivity contribution in [2.75, 3.05) is 0 Å². The average Bonchev–Trinajstić information content (AvgIpc) is 0.722. The van der Waals surface area contributed by atoms with Gasteiger partial charge in [-0.15, -0.1) is 0 Å². The van der Waals surface area contributed by atoms with Crippen molar-refractivity contribution in [2.24, 2.45) is 0 Å². The van der Waals surface area contributed by atoms with Crippen molar-refractivity contribution in [3.05, 3.63) is 0 Å². The Morgan fingerprint density at radius 1 is 1.14 bits per heavy atom. The second kappa shape index (κ2) is 6.16. The molecule has 0 aliphatic heterocycles. The van der Waals surface area contributed by atoms with Crippen molar-refractivity contribution in [1.29, 1.82) is 0 Å². The topological polar surface area (TPSA) is 80.3 Å². The van der Waals surface area contributed by atoms with Gasteiger partial charge in [0.1, 0.15) is 0 Å². The molecule has 0 fully saturated rings. The molecule has 7 heavy (non-hydrogen) atoms. The summed E-state index contributed by atoms with van der Waals surface area (Å²) in [6.07, 6.45) is 0. The molecule has 0 heterocycles. The molecule has 7 heteroatoms. The molecular formula is CrKO4S+. The Bertz CT molecular complexity index is 94.9. The van der Waals surface area contributed by atoms with Crippen LogP contribution >= 0.6 is 0 Å². The summed E-state index contributed by atoms with van der Waals surface area (Å²) in [6.45, 7) is 0. The molecule has 4 nitrogen and oxygen atoms in total. The minimum Gasteiger partial charge on any atom is -0.759 e. The third-order valence-corrected chi connectivity index (χ3v) is 0. The smallest absolute Gasteiger partial charge is 0.759 e. The molecule has 0 bridgehead atoms. The molecule has 0 aliphatic carbocycles. The van der Waals surface area contributed by atoms with Crippen LogP contribution in [0.15, 0.2) is 0 Å². The van der Waals surface area contributed by atoms with E-state index in [0.717, 1.165) is 0 Å². The van der Waals surface area contributed by atoms with Crippen molar-refractivity contribution in [3.63, 3.8) is 0 Å². The predicted octanol–water partition coefficient (Wildman–Crippen LogP) is -4.34. The molecule has 0 amide bonds. The first-order valence-corrected chi connectivity index (χ1v) is 2.00. The Balaban J connectivity index is -0.0000000800. The van der Waals surface area contributed by atoms with Crippen LogP contribution in [0.4, 0.5) is 0 Å². The normalized spacial score (nSPS) is 8.29. The first-order valence-electron chi connectivity index (χ1n) is 0.667. The van der Waals surface area contributed by atoms with Crippen molar-refractivity contribution in [2.45, 2.75) is 0 Å². The van der Waals surface area contributed by atoms with Gasteiger partial charge < -0.3 is 9.11 Å². The predicted molar refractivity (Wildman–Crippen MR) is 10.5 cm³/mol. The molecule has 0 saturated carbocycles. The maximum absolute atomic E-state index is 8.52. The minimum atomic E-state index is -5.17. The van der Waals surface area contributed by atoms with Crippen molar-refractivity contribution in [3.8, 4) is 0 Å². The molecule has 0 saturated heterocycles. The molecule has 0 unspecified atom stereocenters. The van der Waals surface area contributed by atoms with E-state index in [-0.39, 0.29) is 68.7 Å². The van der Waals surface area contributed by atoms with Crippen LogP contribution in [0.25, 0.3) is 0 Å². The maximum Gasteiger partial charge on any atom is 2.00 e. The zero-order valence-electron chi connectivity index (χ0n) is 3.45. The summed E-state index contributed by atoms with van der Waals surface area (Å²) in [5.41, 5.74) is 0. The first-order chi connectivity index (χ1) is 2.00. The van der Waals surface area contributed by atoms with Crippen molar-refractivity contribution >= 4 is 10.4 Å². The second-order valence-electron chi connectivity index (χ2n) is 0.408. The number of rotatable bonds is 0. The third kappa shape index (κ3) is 70.5. The summed E-state index contributed by atoms with van der Waals surface area (Å²) in [4.78, 5) is 0. The van der Waals surface area contributed by atoms with Crippen LogP contribution in [0.1, 0.15) is 0 Å². The van der Waals surface area contributed by atoms with Crippen LogP contribution in [-0.2, 0) is 27.8 Å². The van der Waals surface area contributed by atoms with E-state index in [9.17, 15) is 0 Å². The van der Waals surface area contributed by atoms with Crippen molar-refractivity contribution < 1.29 is 86.3 Å². The molecular weight excluding hydrogens is 187 g/mol. The van der Waals surface area contributed by atoms with Gasteiger partial charge in [0.05, 0.1) is 0 Å². The van der Waals surface area contributed by atoms with Crippen LogP contribution in [0.3, 0.4) is 0 Å². The molecule has 0 atom stereocenters. The number of hydrogen-bond acceptors (Lipinski definition) is 4. The van der Waals surface area contributed by atoms with E-state index in [0.29, 0.717) is 0 Å². The van der Waals surface area contributed by atoms with Crippen molar-refractivity contribution in [1.82, 2.24) is 0 Å². The maximum atomic E-state index is 8.52. The Morgan fingerprint density at radius 3 is 1.14 bits per heavy atom. The SMILES string of the molecule is O=S(=O)([O-])[O-].[Cr+2].[K+]. The van der Waals surface area contributed by atoms with Crippen LogP contribution in [0.2, 0.25) is 0 Å². The average molecular weight is 187 g/mol. The zero-order chi connectivity index (χ0) is 4.50. The Morgan fingerprint density at radius 2 is 1.14 bits per heavy atom. The quantitative estimate of drug-likeness (QED) is 0.218. The van der Waals surface area contributed by atoms with E-state index in [1.165, 1.54) is 0 Å². The molecule has 0 radical (unpaired) electrons. The Kier molecular flexibility index (Phi) is 14.1. The van der Waals surface area contributed by atoms with Gasteiger partial charge in [0.25, 0.3) is 0 Å². The van der Waals surface area contributed by atoms with Crippen LogP contribution in [0.5, 0.6) is 0 Å². The van der Waals surface area contributed by atoms with Crippen LogP contribution in [-0.4, -0.2) is 17.5 Å². The fourth-order valence-electron chi connectivity index (χ4n) is 0. The van der Waals surface area contributed by atoms with Gasteiger partial charge in [0.15, 0.2) is 0 Å². The standard InChI is InChI=1S/Cr.K.H2O4S/c;;1-5(2,3)4/h;;(H2,1,2,3,4)/q+2;+1;/p-2. The molecule has 0 rings (SSSR count). The van der Waals surface area contributed by atoms with E-state index >= 15 is 0 Å². The second-order valence-corrected chi connectivity index (χ2v) is 1.22. The van der Waals surface area contributed by atoms with E-state index in [1.54, 1.807) is 0 Å². The number of hydrogen-bond donors (Lipinski definition) is 0. The van der Waals surface area contributed by atoms with E-state index < -0.39 is 10.4 Å². The summed E-state index contributed by atoms with van der Waals surface area (Å²) < 4.78 is 34.1. The minimum absolute atomic E-state index is 0. The fourth-order valence-corrected chi connectivity index (χ4v) is 0. The largest absolute Gasteiger partial charge is 2.00 e. The van der Waals surface area contributed by atoms with Gasteiger partial charge in [0.2, 0.25) is 0 Å². The molecule has 0 aromatic rings. The van der Waals surface area contributed by atoms with Gasteiger partial charge in [-0.25, -0.2) is 0 Å². The Labute approximate surface area is 94.8 Å². The first kappa shape index (κ1) is 16.0. The van der Waals surface area contributed by atoms with Crippen LogP contribution < -0.4 is 51.4 Å². The Hall–Kier alpha value is 2.04. The summed E-state index contributed by atoms with van der Waals surface area (Å²) in [5.74, 6) is 0. The van der Waals surface area contributed by atoms with Gasteiger partial charge >= 0.3 is 68.7 Å². The molecule has 0 aliphatic rings. The van der Waals surface area contributed by atoms with E-state index in [4.69, 9.17) is 17.5 Å². The molecule has 36 valence electrons. The molecule has 0 aromatic carbocycles. The van der Waals surface area contributed by atoms with Gasteiger partial charge in [-0.3, -0.25) is 8.42 Å². The summed E-state index contributed by atoms with van der Waals surface area (Å²) in [7, 11) is -5.17. The van der Waals surface area contributed by atoms with Gasteiger partial charge in [-0.2, -0.15) is 0 Å². The third-order valence-electron chi connectivity index (χ3n) is 0. The van der Waals surface area contributed by atoms with Gasteiger partial charge in [-0.05, 0) is 0 Å². The summed E-state index contributed by atoms with van der Waals surface area (Å²) in [6, 6.07) is 0. The summed E-state index contributed by atoms with van der Waals surface area (Å²) >= 11 is 0. The van der Waals surface area contributed by atoms with E-state index in [2.05, 4.69) is 0 Å². The zero-order valence-corrected chi connectivity index (χ0v) is 8.66. The summed E-state index contributed by atoms with van der Waals surface area (Å²) in [5, 5.41) is 0. The van der Waals surface area contributed by atoms with Gasteiger partial charge in [-0.1, -0.05) is 0 Å². The van der Waals surface area contributed by atoms with Gasteiger partial charge in [0, 0.05) is 10.4 Å². The van der Waals surface area contributed by atoms with Crippen LogP contribution in [0, 0.1) is 0 Å². The molecule has 0 N–H and O–H groups in total. The monoisotopic (exact) mass is 187 g/mol. The molecule has 0 aromatic heterocycles. The molecule has 0 spiro atoms.